The summed E-state index contributed by atoms with van der Waals surface area (Å²) in [5.41, 5.74) is 0.554. The first-order valence-electron chi connectivity index (χ1n) is 5.90. The summed E-state index contributed by atoms with van der Waals surface area (Å²) in [4.78, 5) is 15.4. The Labute approximate surface area is 126 Å². The fraction of sp³-hybridized carbons (Fsp3) is 0.167. The van der Waals surface area contributed by atoms with Gasteiger partial charge in [-0.2, -0.15) is 9.78 Å². The van der Waals surface area contributed by atoms with Crippen LogP contribution < -0.4 is 5.76 Å². The van der Waals surface area contributed by atoms with Crippen LogP contribution in [0.4, 0.5) is 4.39 Å². The van der Waals surface area contributed by atoms with Crippen molar-refractivity contribution in [2.75, 3.05) is 0 Å². The lowest BCUT2D eigenvalue weighted by Crippen LogP contribution is -2.09. The number of pyridine rings is 1. The van der Waals surface area contributed by atoms with E-state index in [1.807, 2.05) is 0 Å². The van der Waals surface area contributed by atoms with E-state index in [2.05, 4.69) is 31.1 Å². The van der Waals surface area contributed by atoms with E-state index in [4.69, 9.17) is 4.42 Å². The molecule has 9 heteroatoms. The molecule has 0 N–H and O–H groups in total. The van der Waals surface area contributed by atoms with Gasteiger partial charge in [-0.05, 0) is 34.1 Å². The maximum atomic E-state index is 13.1. The van der Waals surface area contributed by atoms with E-state index in [0.29, 0.717) is 5.82 Å². The second-order valence-electron chi connectivity index (χ2n) is 4.20. The summed E-state index contributed by atoms with van der Waals surface area (Å²) in [6.45, 7) is -0.734. The molecule has 0 fully saturated rings. The lowest BCUT2D eigenvalue weighted by molar-refractivity contribution is 0.465. The zero-order chi connectivity index (χ0) is 15.0. The highest BCUT2D eigenvalue weighted by Gasteiger charge is 2.16. The van der Waals surface area contributed by atoms with Crippen molar-refractivity contribution in [1.29, 1.82) is 0 Å². The third kappa shape index (κ3) is 2.51. The van der Waals surface area contributed by atoms with Crippen LogP contribution in [-0.2, 0) is 13.7 Å². The van der Waals surface area contributed by atoms with Gasteiger partial charge in [0.15, 0.2) is 11.5 Å². The molecule has 0 amide bonds. The molecule has 0 aliphatic rings. The SMILES string of the molecule is Cn1nc(-c2cc(CF)n(-c3ccc(Br)cn3)n2)oc1=O. The highest BCUT2D eigenvalue weighted by Crippen LogP contribution is 2.20. The van der Waals surface area contributed by atoms with Crippen LogP contribution >= 0.6 is 15.9 Å². The van der Waals surface area contributed by atoms with Gasteiger partial charge in [0.2, 0.25) is 0 Å². The molecule has 0 saturated heterocycles. The first-order chi connectivity index (χ1) is 10.1. The zero-order valence-electron chi connectivity index (χ0n) is 10.8. The molecule has 3 aromatic rings. The zero-order valence-corrected chi connectivity index (χ0v) is 12.4. The summed E-state index contributed by atoms with van der Waals surface area (Å²) in [5.74, 6) is -0.119. The molecule has 3 aromatic heterocycles. The minimum Gasteiger partial charge on any atom is -0.386 e. The average molecular weight is 354 g/mol. The van der Waals surface area contributed by atoms with E-state index < -0.39 is 12.4 Å². The van der Waals surface area contributed by atoms with E-state index >= 15 is 0 Å². The van der Waals surface area contributed by atoms with Gasteiger partial charge in [0.05, 0.1) is 5.69 Å². The molecule has 0 saturated carbocycles. The Hall–Kier alpha value is -2.29. The molecule has 108 valence electrons. The molecule has 0 radical (unpaired) electrons. The Morgan fingerprint density at radius 2 is 2.19 bits per heavy atom. The first kappa shape index (κ1) is 13.7. The van der Waals surface area contributed by atoms with Crippen LogP contribution in [0.2, 0.25) is 0 Å². The average Bonchev–Trinajstić information content (AvgIpc) is 3.04. The summed E-state index contributed by atoms with van der Waals surface area (Å²) in [6, 6.07) is 4.93. The smallest absolute Gasteiger partial charge is 0.386 e. The van der Waals surface area contributed by atoms with Gasteiger partial charge in [-0.25, -0.2) is 18.9 Å². The summed E-state index contributed by atoms with van der Waals surface area (Å²) in [6.07, 6.45) is 1.58. The maximum absolute atomic E-state index is 13.1. The largest absolute Gasteiger partial charge is 0.437 e. The molecule has 0 bridgehead atoms. The third-order valence-electron chi connectivity index (χ3n) is 2.76. The molecule has 0 spiro atoms. The number of aryl methyl sites for hydroxylation is 1. The molecule has 0 aromatic carbocycles. The van der Waals surface area contributed by atoms with Crippen LogP contribution in [0.25, 0.3) is 17.4 Å². The fourth-order valence-corrected chi connectivity index (χ4v) is 2.00. The first-order valence-corrected chi connectivity index (χ1v) is 6.69. The van der Waals surface area contributed by atoms with Crippen LogP contribution in [0.15, 0.2) is 38.1 Å². The molecule has 0 aliphatic heterocycles. The van der Waals surface area contributed by atoms with E-state index in [1.54, 1.807) is 18.3 Å². The van der Waals surface area contributed by atoms with Gasteiger partial charge in [0.1, 0.15) is 6.67 Å². The third-order valence-corrected chi connectivity index (χ3v) is 3.23. The Balaban J connectivity index is 2.10. The molecule has 3 heterocycles. The second kappa shape index (κ2) is 5.24. The quantitative estimate of drug-likeness (QED) is 0.717. The molecular formula is C12H9BrFN5O2. The monoisotopic (exact) mass is 353 g/mol. The van der Waals surface area contributed by atoms with E-state index in [1.165, 1.54) is 17.8 Å². The number of rotatable bonds is 3. The van der Waals surface area contributed by atoms with Crippen LogP contribution in [0.3, 0.4) is 0 Å². The van der Waals surface area contributed by atoms with Crippen molar-refractivity contribution < 1.29 is 8.81 Å². The van der Waals surface area contributed by atoms with Crippen molar-refractivity contribution in [1.82, 2.24) is 24.5 Å². The van der Waals surface area contributed by atoms with Gasteiger partial charge < -0.3 is 4.42 Å². The summed E-state index contributed by atoms with van der Waals surface area (Å²) in [5, 5.41) is 8.08. The maximum Gasteiger partial charge on any atom is 0.437 e. The lowest BCUT2D eigenvalue weighted by atomic mass is 10.3. The lowest BCUT2D eigenvalue weighted by Gasteiger charge is -2.03. The van der Waals surface area contributed by atoms with E-state index in [0.717, 1.165) is 9.15 Å². The molecule has 3 rings (SSSR count). The van der Waals surface area contributed by atoms with E-state index in [-0.39, 0.29) is 17.3 Å². The van der Waals surface area contributed by atoms with E-state index in [9.17, 15) is 9.18 Å². The highest BCUT2D eigenvalue weighted by molar-refractivity contribution is 9.10. The van der Waals surface area contributed by atoms with Gasteiger partial charge in [0.25, 0.3) is 5.89 Å². The molecule has 0 aliphatic carbocycles. The van der Waals surface area contributed by atoms with Crippen LogP contribution in [0.5, 0.6) is 0 Å². The Morgan fingerprint density at radius 1 is 1.38 bits per heavy atom. The highest BCUT2D eigenvalue weighted by atomic mass is 79.9. The molecule has 7 nitrogen and oxygen atoms in total. The molecule has 0 atom stereocenters. The number of aromatic nitrogens is 5. The van der Waals surface area contributed by atoms with Crippen molar-refractivity contribution in [3.63, 3.8) is 0 Å². The molecule has 0 unspecified atom stereocenters. The van der Waals surface area contributed by atoms with Gasteiger partial charge in [-0.3, -0.25) is 0 Å². The summed E-state index contributed by atoms with van der Waals surface area (Å²) >= 11 is 3.28. The van der Waals surface area contributed by atoms with Crippen molar-refractivity contribution in [3.05, 3.63) is 45.1 Å². The van der Waals surface area contributed by atoms with Gasteiger partial charge in [-0.1, -0.05) is 0 Å². The minimum atomic E-state index is -0.734. The number of halogens is 2. The van der Waals surface area contributed by atoms with Crippen molar-refractivity contribution in [3.8, 4) is 17.4 Å². The number of hydrogen-bond acceptors (Lipinski definition) is 5. The van der Waals surface area contributed by atoms with Crippen LogP contribution in [-0.4, -0.2) is 24.5 Å². The van der Waals surface area contributed by atoms with Gasteiger partial charge in [-0.15, -0.1) is 5.10 Å². The normalized spacial score (nSPS) is 11.0. The van der Waals surface area contributed by atoms with Gasteiger partial charge in [0, 0.05) is 17.7 Å². The fourth-order valence-electron chi connectivity index (χ4n) is 1.76. The molecular weight excluding hydrogens is 345 g/mol. The van der Waals surface area contributed by atoms with Crippen molar-refractivity contribution in [2.45, 2.75) is 6.67 Å². The van der Waals surface area contributed by atoms with Crippen molar-refractivity contribution in [2.24, 2.45) is 7.05 Å². The van der Waals surface area contributed by atoms with Gasteiger partial charge >= 0.3 is 5.76 Å². The molecule has 21 heavy (non-hydrogen) atoms. The van der Waals surface area contributed by atoms with Crippen LogP contribution in [0.1, 0.15) is 5.69 Å². The van der Waals surface area contributed by atoms with Crippen LogP contribution in [0, 0.1) is 0 Å². The Kier molecular flexibility index (Phi) is 3.42. The predicted octanol–water partition coefficient (Wildman–Crippen LogP) is 1.85. The minimum absolute atomic E-state index is 0.0352. The summed E-state index contributed by atoms with van der Waals surface area (Å²) in [7, 11) is 1.46. The number of alkyl halides is 1. The number of nitrogens with zero attached hydrogens (tertiary/aromatic N) is 5. The summed E-state index contributed by atoms with van der Waals surface area (Å²) < 4.78 is 21.3. The standard InChI is InChI=1S/C12H9BrFN5O2/c1-18-12(20)21-11(17-18)9-4-8(5-14)19(16-9)10-3-2-7(13)6-15-10/h2-4,6H,5H2,1H3. The topological polar surface area (TPSA) is 78.7 Å². The Bertz CT molecular complexity index is 836. The second-order valence-corrected chi connectivity index (χ2v) is 5.11. The predicted molar refractivity (Wildman–Crippen MR) is 74.6 cm³/mol. The van der Waals surface area contributed by atoms with Crippen molar-refractivity contribution >= 4 is 15.9 Å². The Morgan fingerprint density at radius 3 is 2.76 bits per heavy atom. The number of hydrogen-bond donors (Lipinski definition) is 0.